The fraction of sp³-hybridized carbons (Fsp3) is 0.167. The molecule has 1 saturated carbocycles. The summed E-state index contributed by atoms with van der Waals surface area (Å²) in [6.45, 7) is 0. The third kappa shape index (κ3) is 2.08. The Morgan fingerprint density at radius 3 is 2.74 bits per heavy atom. The zero-order chi connectivity index (χ0) is 16.0. The molecular weight excluding hydrogens is 288 g/mol. The van der Waals surface area contributed by atoms with Crippen LogP contribution in [-0.4, -0.2) is 11.9 Å². The number of benzene rings is 2. The molecule has 3 N–H and O–H groups in total. The second-order valence-electron chi connectivity index (χ2n) is 5.94. The zero-order valence-electron chi connectivity index (χ0n) is 12.3. The number of nitrogens with one attached hydrogen (secondary N) is 1. The summed E-state index contributed by atoms with van der Waals surface area (Å²) in [6, 6.07) is 17.6. The Labute approximate surface area is 133 Å². The molecule has 23 heavy (non-hydrogen) atoms. The molecule has 2 atom stereocenters. The third-order valence-electron chi connectivity index (χ3n) is 4.51. The molecule has 0 aromatic heterocycles. The molecule has 1 fully saturated rings. The smallest absolute Gasteiger partial charge is 0.232 e. The summed E-state index contributed by atoms with van der Waals surface area (Å²) in [4.78, 5) is 16.4. The lowest BCUT2D eigenvalue weighted by atomic mass is 9.96. The Hall–Kier alpha value is -3.13. The first kappa shape index (κ1) is 13.5. The number of carbonyl (C=O) groups excluding carboxylic acids is 1. The molecular formula is C18H14N4O. The number of hydrogen-bond donors (Lipinski definition) is 2. The predicted octanol–water partition coefficient (Wildman–Crippen LogP) is 1.88. The first-order chi connectivity index (χ1) is 11.1. The van der Waals surface area contributed by atoms with E-state index in [4.69, 9.17) is 11.0 Å². The molecule has 4 rings (SSSR count). The van der Waals surface area contributed by atoms with Crippen LogP contribution in [0.1, 0.15) is 17.5 Å². The van der Waals surface area contributed by atoms with Crippen molar-refractivity contribution >= 4 is 11.9 Å². The lowest BCUT2D eigenvalue weighted by molar-refractivity contribution is -0.121. The average molecular weight is 302 g/mol. The number of nitrogens with two attached hydrogens (primary N) is 1. The summed E-state index contributed by atoms with van der Waals surface area (Å²) in [6.07, 6.45) is 0.682. The number of nitriles is 1. The van der Waals surface area contributed by atoms with Crippen LogP contribution in [-0.2, 0) is 10.3 Å². The van der Waals surface area contributed by atoms with Crippen LogP contribution < -0.4 is 11.1 Å². The molecule has 112 valence electrons. The first-order valence-electron chi connectivity index (χ1n) is 7.40. The molecule has 2 aromatic carbocycles. The van der Waals surface area contributed by atoms with Gasteiger partial charge in [-0.2, -0.15) is 5.26 Å². The predicted molar refractivity (Wildman–Crippen MR) is 86.1 cm³/mol. The van der Waals surface area contributed by atoms with Crippen LogP contribution in [0.5, 0.6) is 0 Å². The minimum atomic E-state index is -0.519. The van der Waals surface area contributed by atoms with Crippen LogP contribution >= 0.6 is 0 Å². The summed E-state index contributed by atoms with van der Waals surface area (Å²) >= 11 is 0. The molecule has 0 spiro atoms. The van der Waals surface area contributed by atoms with Gasteiger partial charge < -0.3 is 5.73 Å². The van der Waals surface area contributed by atoms with E-state index in [2.05, 4.69) is 16.4 Å². The van der Waals surface area contributed by atoms with Gasteiger partial charge in [-0.3, -0.25) is 10.1 Å². The lowest BCUT2D eigenvalue weighted by Gasteiger charge is -2.19. The highest BCUT2D eigenvalue weighted by atomic mass is 16.2. The second-order valence-corrected chi connectivity index (χ2v) is 5.94. The van der Waals surface area contributed by atoms with E-state index in [1.807, 2.05) is 42.5 Å². The highest BCUT2D eigenvalue weighted by Crippen LogP contribution is 2.57. The van der Waals surface area contributed by atoms with E-state index >= 15 is 0 Å². The molecule has 5 heteroatoms. The van der Waals surface area contributed by atoms with Crippen molar-refractivity contribution in [3.8, 4) is 17.2 Å². The molecule has 1 aliphatic heterocycles. The Kier molecular flexibility index (Phi) is 2.75. The van der Waals surface area contributed by atoms with Gasteiger partial charge in [0.25, 0.3) is 0 Å². The average Bonchev–Trinajstić information content (AvgIpc) is 3.31. The maximum absolute atomic E-state index is 12.0. The third-order valence-corrected chi connectivity index (χ3v) is 4.51. The first-order valence-corrected chi connectivity index (χ1v) is 7.40. The van der Waals surface area contributed by atoms with Gasteiger partial charge in [-0.25, -0.2) is 4.99 Å². The minimum Gasteiger partial charge on any atom is -0.370 e. The number of amides is 1. The van der Waals surface area contributed by atoms with Crippen LogP contribution in [0.15, 0.2) is 53.5 Å². The quantitative estimate of drug-likeness (QED) is 0.887. The highest BCUT2D eigenvalue weighted by Gasteiger charge is 2.62. The van der Waals surface area contributed by atoms with Gasteiger partial charge in [0.1, 0.15) is 5.54 Å². The monoisotopic (exact) mass is 302 g/mol. The van der Waals surface area contributed by atoms with Crippen LogP contribution in [0, 0.1) is 17.2 Å². The van der Waals surface area contributed by atoms with Crippen LogP contribution in [0.3, 0.4) is 0 Å². The fourth-order valence-electron chi connectivity index (χ4n) is 3.26. The summed E-state index contributed by atoms with van der Waals surface area (Å²) < 4.78 is 0. The van der Waals surface area contributed by atoms with E-state index in [1.165, 1.54) is 0 Å². The van der Waals surface area contributed by atoms with Crippen LogP contribution in [0.25, 0.3) is 11.1 Å². The van der Waals surface area contributed by atoms with E-state index in [1.54, 1.807) is 6.07 Å². The lowest BCUT2D eigenvalue weighted by Crippen LogP contribution is -2.43. The molecule has 2 unspecified atom stereocenters. The number of hydrogen-bond acceptors (Lipinski definition) is 4. The molecule has 1 amide bonds. The van der Waals surface area contributed by atoms with E-state index in [-0.39, 0.29) is 17.8 Å². The van der Waals surface area contributed by atoms with Crippen LogP contribution in [0.2, 0.25) is 0 Å². The standard InChI is InChI=1S/C18H14N4O/c19-10-11-3-1-4-12(7-11)13-5-2-6-14(8-13)18-9-15(18)16(23)21-17(20)22-18/h1-8,15H,9H2,(H3,20,21,22,23). The second kappa shape index (κ2) is 4.68. The van der Waals surface area contributed by atoms with E-state index in [9.17, 15) is 4.79 Å². The summed E-state index contributed by atoms with van der Waals surface area (Å²) in [5.41, 5.74) is 8.79. The van der Waals surface area contributed by atoms with Gasteiger partial charge in [0.05, 0.1) is 17.6 Å². The number of aliphatic imine (C=N–C) groups is 1. The number of nitrogens with zero attached hydrogens (tertiary/aromatic N) is 2. The SMILES string of the molecule is N#Cc1cccc(-c2cccc(C34CC3C(=O)NC(N)=N4)c2)c1. The van der Waals surface area contributed by atoms with Crippen molar-refractivity contribution in [2.45, 2.75) is 12.0 Å². The zero-order valence-corrected chi connectivity index (χ0v) is 12.3. The van der Waals surface area contributed by atoms with Gasteiger partial charge in [-0.15, -0.1) is 0 Å². The molecule has 2 aromatic rings. The van der Waals surface area contributed by atoms with Crippen molar-refractivity contribution in [1.29, 1.82) is 5.26 Å². The number of guanidine groups is 1. The summed E-state index contributed by atoms with van der Waals surface area (Å²) in [5, 5.41) is 11.6. The van der Waals surface area contributed by atoms with Crippen molar-refractivity contribution in [1.82, 2.24) is 5.32 Å². The van der Waals surface area contributed by atoms with E-state index in [0.29, 0.717) is 12.0 Å². The summed E-state index contributed by atoms with van der Waals surface area (Å²) in [7, 11) is 0. The molecule has 0 radical (unpaired) electrons. The van der Waals surface area contributed by atoms with Gasteiger partial charge in [0, 0.05) is 0 Å². The summed E-state index contributed by atoms with van der Waals surface area (Å²) in [5.74, 6) is -0.0227. The van der Waals surface area contributed by atoms with Gasteiger partial charge in [-0.1, -0.05) is 30.3 Å². The molecule has 5 nitrogen and oxygen atoms in total. The molecule has 1 heterocycles. The normalized spacial score (nSPS) is 24.9. The maximum atomic E-state index is 12.0. The minimum absolute atomic E-state index is 0.0608. The van der Waals surface area contributed by atoms with Crippen molar-refractivity contribution in [3.05, 3.63) is 59.7 Å². The van der Waals surface area contributed by atoms with Crippen molar-refractivity contribution in [3.63, 3.8) is 0 Å². The van der Waals surface area contributed by atoms with Gasteiger partial charge in [0.15, 0.2) is 5.96 Å². The maximum Gasteiger partial charge on any atom is 0.232 e. The largest absolute Gasteiger partial charge is 0.370 e. The van der Waals surface area contributed by atoms with Gasteiger partial charge >= 0.3 is 0 Å². The van der Waals surface area contributed by atoms with Crippen molar-refractivity contribution in [2.75, 3.05) is 0 Å². The molecule has 0 bridgehead atoms. The fourth-order valence-corrected chi connectivity index (χ4v) is 3.26. The Balaban J connectivity index is 1.77. The van der Waals surface area contributed by atoms with Crippen molar-refractivity contribution < 1.29 is 4.79 Å². The topological polar surface area (TPSA) is 91.3 Å². The Bertz CT molecular complexity index is 896. The molecule has 1 aliphatic carbocycles. The van der Waals surface area contributed by atoms with Gasteiger partial charge in [-0.05, 0) is 41.3 Å². The molecule has 0 saturated heterocycles. The van der Waals surface area contributed by atoms with Crippen molar-refractivity contribution in [2.24, 2.45) is 16.6 Å². The van der Waals surface area contributed by atoms with Crippen LogP contribution in [0.4, 0.5) is 0 Å². The Morgan fingerprint density at radius 2 is 1.96 bits per heavy atom. The number of fused-ring (bicyclic) bond motifs is 1. The van der Waals surface area contributed by atoms with E-state index < -0.39 is 5.54 Å². The Morgan fingerprint density at radius 1 is 1.22 bits per heavy atom. The van der Waals surface area contributed by atoms with E-state index in [0.717, 1.165) is 16.7 Å². The number of rotatable bonds is 2. The molecule has 2 aliphatic rings. The number of carbonyl (C=O) groups is 1. The van der Waals surface area contributed by atoms with Gasteiger partial charge in [0.2, 0.25) is 5.91 Å². The highest BCUT2D eigenvalue weighted by molar-refractivity contribution is 6.02.